The van der Waals surface area contributed by atoms with Crippen LogP contribution in [0.15, 0.2) is 91.1 Å². The molecule has 0 spiro atoms. The van der Waals surface area contributed by atoms with Crippen LogP contribution >= 0.6 is 0 Å². The summed E-state index contributed by atoms with van der Waals surface area (Å²) in [5.74, 6) is 0. The van der Waals surface area contributed by atoms with Gasteiger partial charge in [-0.1, -0.05) is 66.7 Å². The molecule has 5 nitrogen and oxygen atoms in total. The fourth-order valence-corrected chi connectivity index (χ4v) is 6.40. The average Bonchev–Trinajstić information content (AvgIpc) is 2.82. The minimum Gasteiger partial charge on any atom is -0.364 e. The number of fused-ring (bicyclic) bond motifs is 2. The predicted molar refractivity (Wildman–Crippen MR) is 132 cm³/mol. The SMILES string of the molecule is CC1(OCc2ccccc2)c2ccccc2N(c2cnc3ccccc3c2)S(=O)(=O)C1(C)C. The van der Waals surface area contributed by atoms with E-state index < -0.39 is 20.4 Å². The van der Waals surface area contributed by atoms with Crippen LogP contribution in [-0.2, 0) is 27.0 Å². The standard InChI is InChI=1S/C27H26N2O3S/c1-26(2)27(3,32-19-20-11-5-4-6-12-20)23-14-8-10-16-25(23)29(33(26,30)31)22-17-21-13-7-9-15-24(21)28-18-22/h4-18H,19H2,1-3H3. The maximum atomic E-state index is 14.2. The quantitative estimate of drug-likeness (QED) is 0.380. The van der Waals surface area contributed by atoms with Gasteiger partial charge < -0.3 is 4.74 Å². The van der Waals surface area contributed by atoms with Gasteiger partial charge in [0.15, 0.2) is 0 Å². The number of benzene rings is 3. The van der Waals surface area contributed by atoms with Gasteiger partial charge in [0.1, 0.15) is 10.3 Å². The van der Waals surface area contributed by atoms with Crippen molar-refractivity contribution in [1.82, 2.24) is 4.98 Å². The molecule has 1 aliphatic heterocycles. The molecule has 0 fully saturated rings. The molecule has 0 saturated heterocycles. The summed E-state index contributed by atoms with van der Waals surface area (Å²) in [4.78, 5) is 4.52. The smallest absolute Gasteiger partial charge is 0.247 e. The van der Waals surface area contributed by atoms with E-state index in [4.69, 9.17) is 4.74 Å². The van der Waals surface area contributed by atoms with E-state index in [-0.39, 0.29) is 0 Å². The number of hydrogen-bond acceptors (Lipinski definition) is 4. The molecule has 1 atom stereocenters. The number of sulfonamides is 1. The first-order chi connectivity index (χ1) is 15.8. The Morgan fingerprint density at radius 1 is 0.879 bits per heavy atom. The molecule has 0 radical (unpaired) electrons. The lowest BCUT2D eigenvalue weighted by Crippen LogP contribution is -2.60. The van der Waals surface area contributed by atoms with Crippen LogP contribution in [0.1, 0.15) is 31.9 Å². The van der Waals surface area contributed by atoms with Crippen molar-refractivity contribution in [3.63, 3.8) is 0 Å². The maximum absolute atomic E-state index is 14.2. The molecule has 0 N–H and O–H groups in total. The molecule has 1 aromatic heterocycles. The Labute approximate surface area is 194 Å². The summed E-state index contributed by atoms with van der Waals surface area (Å²) in [5, 5.41) is 0.883. The predicted octanol–water partition coefficient (Wildman–Crippen LogP) is 5.93. The molecular weight excluding hydrogens is 432 g/mol. The fourth-order valence-electron chi connectivity index (χ4n) is 4.48. The molecular formula is C27H26N2O3S. The van der Waals surface area contributed by atoms with Crippen molar-refractivity contribution in [2.45, 2.75) is 37.7 Å². The Morgan fingerprint density at radius 2 is 1.55 bits per heavy atom. The van der Waals surface area contributed by atoms with E-state index in [1.807, 2.05) is 91.9 Å². The zero-order chi connectivity index (χ0) is 23.3. The van der Waals surface area contributed by atoms with E-state index in [0.717, 1.165) is 22.0 Å². The molecule has 2 heterocycles. The van der Waals surface area contributed by atoms with Gasteiger partial charge in [-0.15, -0.1) is 0 Å². The molecule has 4 aromatic rings. The first-order valence-corrected chi connectivity index (χ1v) is 12.4. The molecule has 0 amide bonds. The van der Waals surface area contributed by atoms with Gasteiger partial charge in [-0.3, -0.25) is 4.98 Å². The minimum absolute atomic E-state index is 0.308. The molecule has 168 valence electrons. The summed E-state index contributed by atoms with van der Waals surface area (Å²) in [6.45, 7) is 5.67. The van der Waals surface area contributed by atoms with Gasteiger partial charge in [-0.25, -0.2) is 12.7 Å². The molecule has 33 heavy (non-hydrogen) atoms. The summed E-state index contributed by atoms with van der Waals surface area (Å²) in [6, 6.07) is 26.9. The van der Waals surface area contributed by atoms with E-state index >= 15 is 0 Å². The summed E-state index contributed by atoms with van der Waals surface area (Å²) in [5.41, 5.74) is 2.67. The number of para-hydroxylation sites is 2. The van der Waals surface area contributed by atoms with Gasteiger partial charge in [0.25, 0.3) is 0 Å². The van der Waals surface area contributed by atoms with Crippen LogP contribution in [0.3, 0.4) is 0 Å². The van der Waals surface area contributed by atoms with Crippen molar-refractivity contribution in [2.24, 2.45) is 0 Å². The number of nitrogens with zero attached hydrogens (tertiary/aromatic N) is 2. The summed E-state index contributed by atoms with van der Waals surface area (Å²) < 4.78 is 35.0. The number of anilines is 2. The summed E-state index contributed by atoms with van der Waals surface area (Å²) in [6.07, 6.45) is 1.63. The van der Waals surface area contributed by atoms with Crippen molar-refractivity contribution >= 4 is 32.3 Å². The lowest BCUT2D eigenvalue weighted by Gasteiger charge is -2.51. The molecule has 5 rings (SSSR count). The molecule has 0 bridgehead atoms. The van der Waals surface area contributed by atoms with Gasteiger partial charge in [0, 0.05) is 10.9 Å². The second kappa shape index (κ2) is 7.68. The van der Waals surface area contributed by atoms with Crippen LogP contribution < -0.4 is 4.31 Å². The van der Waals surface area contributed by atoms with Crippen molar-refractivity contribution in [2.75, 3.05) is 4.31 Å². The second-order valence-corrected chi connectivity index (χ2v) is 11.3. The number of rotatable bonds is 4. The molecule has 3 aromatic carbocycles. The van der Waals surface area contributed by atoms with Crippen molar-refractivity contribution in [3.8, 4) is 0 Å². The molecule has 0 aliphatic carbocycles. The number of ether oxygens (including phenoxy) is 1. The lowest BCUT2D eigenvalue weighted by atomic mass is 9.82. The number of pyridine rings is 1. The first kappa shape index (κ1) is 21.6. The lowest BCUT2D eigenvalue weighted by molar-refractivity contribution is -0.0720. The molecule has 6 heteroatoms. The van der Waals surface area contributed by atoms with Crippen LogP contribution in [0.4, 0.5) is 11.4 Å². The highest BCUT2D eigenvalue weighted by molar-refractivity contribution is 7.94. The average molecular weight is 459 g/mol. The van der Waals surface area contributed by atoms with Crippen molar-refractivity contribution < 1.29 is 13.2 Å². The van der Waals surface area contributed by atoms with Crippen LogP contribution in [0.2, 0.25) is 0 Å². The van der Waals surface area contributed by atoms with Gasteiger partial charge in [0.2, 0.25) is 10.0 Å². The largest absolute Gasteiger partial charge is 0.364 e. The third kappa shape index (κ3) is 3.24. The van der Waals surface area contributed by atoms with Crippen molar-refractivity contribution in [1.29, 1.82) is 0 Å². The zero-order valence-electron chi connectivity index (χ0n) is 18.9. The van der Waals surface area contributed by atoms with Crippen LogP contribution in [0.5, 0.6) is 0 Å². The Bertz CT molecular complexity index is 1430. The highest BCUT2D eigenvalue weighted by atomic mass is 32.2. The summed E-state index contributed by atoms with van der Waals surface area (Å²) in [7, 11) is -3.88. The molecule has 0 saturated carbocycles. The zero-order valence-corrected chi connectivity index (χ0v) is 19.7. The van der Waals surface area contributed by atoms with E-state index in [9.17, 15) is 8.42 Å². The van der Waals surface area contributed by atoms with Crippen LogP contribution in [0.25, 0.3) is 10.9 Å². The molecule has 1 unspecified atom stereocenters. The highest BCUT2D eigenvalue weighted by Gasteiger charge is 2.60. The maximum Gasteiger partial charge on any atom is 0.247 e. The Morgan fingerprint density at radius 3 is 2.33 bits per heavy atom. The minimum atomic E-state index is -3.88. The third-order valence-electron chi connectivity index (χ3n) is 6.85. The Balaban J connectivity index is 1.68. The monoisotopic (exact) mass is 458 g/mol. The third-order valence-corrected chi connectivity index (χ3v) is 9.42. The van der Waals surface area contributed by atoms with Gasteiger partial charge in [0.05, 0.1) is 29.7 Å². The Kier molecular flexibility index (Phi) is 5.03. The van der Waals surface area contributed by atoms with Gasteiger partial charge >= 0.3 is 0 Å². The van der Waals surface area contributed by atoms with E-state index in [2.05, 4.69) is 4.98 Å². The Hall–Kier alpha value is -3.22. The van der Waals surface area contributed by atoms with Crippen molar-refractivity contribution in [3.05, 3.63) is 102 Å². The van der Waals surface area contributed by atoms with Gasteiger partial charge in [-0.2, -0.15) is 0 Å². The second-order valence-electron chi connectivity index (χ2n) is 8.99. The van der Waals surface area contributed by atoms with Gasteiger partial charge in [-0.05, 0) is 44.5 Å². The van der Waals surface area contributed by atoms with E-state index in [0.29, 0.717) is 18.0 Å². The fraction of sp³-hybridized carbons (Fsp3) is 0.222. The van der Waals surface area contributed by atoms with Crippen LogP contribution in [-0.4, -0.2) is 18.1 Å². The first-order valence-electron chi connectivity index (χ1n) is 10.9. The highest BCUT2D eigenvalue weighted by Crippen LogP contribution is 2.54. The topological polar surface area (TPSA) is 59.5 Å². The number of hydrogen-bond donors (Lipinski definition) is 0. The number of aromatic nitrogens is 1. The van der Waals surface area contributed by atoms with E-state index in [1.165, 1.54) is 4.31 Å². The normalized spacial score (nSPS) is 21.0. The van der Waals surface area contributed by atoms with Crippen LogP contribution in [0, 0.1) is 0 Å². The van der Waals surface area contributed by atoms with E-state index in [1.54, 1.807) is 20.0 Å². The summed E-state index contributed by atoms with van der Waals surface area (Å²) >= 11 is 0. The molecule has 1 aliphatic rings.